The van der Waals surface area contributed by atoms with Crippen LogP contribution in [0.3, 0.4) is 0 Å². The number of nitrogens with zero attached hydrogens (tertiary/aromatic N) is 2. The van der Waals surface area contributed by atoms with Crippen LogP contribution in [-0.4, -0.2) is 11.1 Å². The van der Waals surface area contributed by atoms with Gasteiger partial charge in [0.05, 0.1) is 11.6 Å². The zero-order valence-corrected chi connectivity index (χ0v) is 9.63. The molecule has 2 rings (SSSR count). The third-order valence-electron chi connectivity index (χ3n) is 2.73. The molecule has 3 nitrogen and oxygen atoms in total. The van der Waals surface area contributed by atoms with E-state index in [2.05, 4.69) is 16.7 Å². The summed E-state index contributed by atoms with van der Waals surface area (Å²) in [6.07, 6.45) is 2.93. The quantitative estimate of drug-likeness (QED) is 0.864. The maximum Gasteiger partial charge on any atom is 0.0991 e. The molecule has 0 bridgehead atoms. The van der Waals surface area contributed by atoms with Crippen LogP contribution < -0.4 is 5.73 Å². The van der Waals surface area contributed by atoms with Crippen LogP contribution in [0.5, 0.6) is 0 Å². The first kappa shape index (κ1) is 11.4. The van der Waals surface area contributed by atoms with Crippen molar-refractivity contribution in [1.29, 1.82) is 5.26 Å². The third kappa shape index (κ3) is 2.74. The topological polar surface area (TPSA) is 54.7 Å². The monoisotopic (exact) mass is 225 g/mol. The molecule has 1 heterocycles. The highest BCUT2D eigenvalue weighted by Gasteiger charge is 2.01. The van der Waals surface area contributed by atoms with Crippen LogP contribution in [0.2, 0.25) is 0 Å². The van der Waals surface area contributed by atoms with Gasteiger partial charge in [-0.05, 0) is 42.8 Å². The molecule has 86 valence electrons. The zero-order valence-electron chi connectivity index (χ0n) is 9.63. The van der Waals surface area contributed by atoms with Crippen molar-refractivity contribution in [3.63, 3.8) is 0 Å². The molecule has 0 aliphatic rings. The molecule has 2 N–H and O–H groups in total. The SMILES string of the molecule is N#Cc1cccc(Cn2cccc2CCN)c1. The van der Waals surface area contributed by atoms with E-state index in [1.54, 1.807) is 0 Å². The van der Waals surface area contributed by atoms with Crippen LogP contribution in [-0.2, 0) is 13.0 Å². The predicted molar refractivity (Wildman–Crippen MR) is 67.4 cm³/mol. The summed E-state index contributed by atoms with van der Waals surface area (Å²) in [7, 11) is 0. The summed E-state index contributed by atoms with van der Waals surface area (Å²) in [5.74, 6) is 0. The normalized spacial score (nSPS) is 10.1. The van der Waals surface area contributed by atoms with E-state index in [4.69, 9.17) is 11.0 Å². The number of benzene rings is 1. The first-order valence-corrected chi connectivity index (χ1v) is 5.66. The second-order valence-electron chi connectivity index (χ2n) is 3.98. The van der Waals surface area contributed by atoms with Crippen LogP contribution in [0.15, 0.2) is 42.6 Å². The van der Waals surface area contributed by atoms with E-state index in [1.807, 2.05) is 36.5 Å². The van der Waals surface area contributed by atoms with E-state index in [1.165, 1.54) is 5.69 Å². The molecule has 0 aliphatic heterocycles. The third-order valence-corrected chi connectivity index (χ3v) is 2.73. The highest BCUT2D eigenvalue weighted by molar-refractivity contribution is 5.33. The summed E-state index contributed by atoms with van der Waals surface area (Å²) in [5, 5.41) is 8.85. The highest BCUT2D eigenvalue weighted by Crippen LogP contribution is 2.10. The molecular formula is C14H15N3. The van der Waals surface area contributed by atoms with Gasteiger partial charge in [0.2, 0.25) is 0 Å². The molecule has 0 radical (unpaired) electrons. The lowest BCUT2D eigenvalue weighted by molar-refractivity contribution is 0.736. The summed E-state index contributed by atoms with van der Waals surface area (Å²) in [4.78, 5) is 0. The summed E-state index contributed by atoms with van der Waals surface area (Å²) in [6.45, 7) is 1.44. The Kier molecular flexibility index (Phi) is 3.59. The lowest BCUT2D eigenvalue weighted by Gasteiger charge is -2.08. The summed E-state index contributed by atoms with van der Waals surface area (Å²) in [6, 6.07) is 14.0. The number of hydrogen-bond donors (Lipinski definition) is 1. The minimum absolute atomic E-state index is 0.655. The van der Waals surface area contributed by atoms with Crippen molar-refractivity contribution in [2.45, 2.75) is 13.0 Å². The minimum Gasteiger partial charge on any atom is -0.347 e. The fraction of sp³-hybridized carbons (Fsp3) is 0.214. The van der Waals surface area contributed by atoms with Gasteiger partial charge in [-0.25, -0.2) is 0 Å². The smallest absolute Gasteiger partial charge is 0.0991 e. The van der Waals surface area contributed by atoms with Gasteiger partial charge < -0.3 is 10.3 Å². The number of hydrogen-bond acceptors (Lipinski definition) is 2. The second kappa shape index (κ2) is 5.33. The van der Waals surface area contributed by atoms with Gasteiger partial charge in [-0.2, -0.15) is 5.26 Å². The van der Waals surface area contributed by atoms with Crippen molar-refractivity contribution in [2.75, 3.05) is 6.54 Å². The van der Waals surface area contributed by atoms with Gasteiger partial charge in [-0.15, -0.1) is 0 Å². The van der Waals surface area contributed by atoms with Crippen LogP contribution in [0.25, 0.3) is 0 Å². The maximum absolute atomic E-state index is 8.85. The molecular weight excluding hydrogens is 210 g/mol. The first-order chi connectivity index (χ1) is 8.33. The molecule has 0 spiro atoms. The van der Waals surface area contributed by atoms with E-state index in [-0.39, 0.29) is 0 Å². The fourth-order valence-corrected chi connectivity index (χ4v) is 1.91. The largest absolute Gasteiger partial charge is 0.347 e. The van der Waals surface area contributed by atoms with E-state index in [9.17, 15) is 0 Å². The van der Waals surface area contributed by atoms with E-state index in [0.29, 0.717) is 12.1 Å². The van der Waals surface area contributed by atoms with Gasteiger partial charge in [-0.1, -0.05) is 12.1 Å². The van der Waals surface area contributed by atoms with Gasteiger partial charge >= 0.3 is 0 Å². The predicted octanol–water partition coefficient (Wildman–Crippen LogP) is 1.91. The molecule has 0 amide bonds. The molecule has 0 saturated heterocycles. The molecule has 17 heavy (non-hydrogen) atoms. The van der Waals surface area contributed by atoms with E-state index < -0.39 is 0 Å². The molecule has 0 aliphatic carbocycles. The summed E-state index contributed by atoms with van der Waals surface area (Å²) >= 11 is 0. The van der Waals surface area contributed by atoms with Gasteiger partial charge in [0.25, 0.3) is 0 Å². The molecule has 1 aromatic carbocycles. The first-order valence-electron chi connectivity index (χ1n) is 5.66. The van der Waals surface area contributed by atoms with E-state index in [0.717, 1.165) is 18.5 Å². The molecule has 0 unspecified atom stereocenters. The average molecular weight is 225 g/mol. The van der Waals surface area contributed by atoms with E-state index >= 15 is 0 Å². The Bertz CT molecular complexity index is 534. The lowest BCUT2D eigenvalue weighted by Crippen LogP contribution is -2.09. The van der Waals surface area contributed by atoms with Crippen molar-refractivity contribution in [1.82, 2.24) is 4.57 Å². The molecule has 2 aromatic rings. The van der Waals surface area contributed by atoms with Crippen molar-refractivity contribution >= 4 is 0 Å². The van der Waals surface area contributed by atoms with Gasteiger partial charge in [0.15, 0.2) is 0 Å². The van der Waals surface area contributed by atoms with Gasteiger partial charge in [-0.3, -0.25) is 0 Å². The highest BCUT2D eigenvalue weighted by atomic mass is 15.0. The number of aromatic nitrogens is 1. The Morgan fingerprint density at radius 1 is 1.24 bits per heavy atom. The lowest BCUT2D eigenvalue weighted by atomic mass is 10.1. The Morgan fingerprint density at radius 3 is 2.88 bits per heavy atom. The molecule has 0 atom stereocenters. The average Bonchev–Trinajstić information content (AvgIpc) is 2.78. The van der Waals surface area contributed by atoms with Crippen molar-refractivity contribution in [3.8, 4) is 6.07 Å². The van der Waals surface area contributed by atoms with Crippen molar-refractivity contribution in [2.24, 2.45) is 5.73 Å². The number of nitriles is 1. The minimum atomic E-state index is 0.655. The Morgan fingerprint density at radius 2 is 2.12 bits per heavy atom. The van der Waals surface area contributed by atoms with Crippen LogP contribution in [0.1, 0.15) is 16.8 Å². The number of nitrogens with two attached hydrogens (primary N) is 1. The molecule has 1 aromatic heterocycles. The number of rotatable bonds is 4. The Balaban J connectivity index is 2.19. The van der Waals surface area contributed by atoms with Crippen LogP contribution in [0, 0.1) is 11.3 Å². The van der Waals surface area contributed by atoms with Crippen molar-refractivity contribution in [3.05, 3.63) is 59.4 Å². The molecule has 0 saturated carbocycles. The standard InChI is InChI=1S/C14H15N3/c15-7-6-14-5-2-8-17(14)11-13-4-1-3-12(9-13)10-16/h1-5,8-9H,6-7,11,15H2. The zero-order chi connectivity index (χ0) is 12.1. The van der Waals surface area contributed by atoms with Crippen molar-refractivity contribution < 1.29 is 0 Å². The summed E-state index contributed by atoms with van der Waals surface area (Å²) in [5.41, 5.74) is 8.64. The van der Waals surface area contributed by atoms with Crippen LogP contribution in [0.4, 0.5) is 0 Å². The Labute approximate surface area is 101 Å². The second-order valence-corrected chi connectivity index (χ2v) is 3.98. The summed E-state index contributed by atoms with van der Waals surface area (Å²) < 4.78 is 2.17. The van der Waals surface area contributed by atoms with Gasteiger partial charge in [0, 0.05) is 18.4 Å². The molecule has 3 heteroatoms. The fourth-order valence-electron chi connectivity index (χ4n) is 1.91. The Hall–Kier alpha value is -2.05. The van der Waals surface area contributed by atoms with Gasteiger partial charge in [0.1, 0.15) is 0 Å². The maximum atomic E-state index is 8.85. The van der Waals surface area contributed by atoms with Crippen LogP contribution >= 0.6 is 0 Å². The molecule has 0 fully saturated rings.